The average Bonchev–Trinajstić information content (AvgIpc) is 2.78. The highest BCUT2D eigenvalue weighted by molar-refractivity contribution is 6.05. The molecule has 2 atom stereocenters. The van der Waals surface area contributed by atoms with Crippen molar-refractivity contribution in [3.63, 3.8) is 0 Å². The first-order valence-electron chi connectivity index (χ1n) is 10.6. The summed E-state index contributed by atoms with van der Waals surface area (Å²) in [4.78, 5) is 19.9. The zero-order chi connectivity index (χ0) is 20.9. The monoisotopic (exact) mass is 403 g/mol. The van der Waals surface area contributed by atoms with Crippen LogP contribution in [0.5, 0.6) is 5.75 Å². The average molecular weight is 404 g/mol. The van der Waals surface area contributed by atoms with E-state index in [1.807, 2.05) is 42.5 Å². The molecule has 1 amide bonds. The maximum Gasteiger partial charge on any atom is 0.253 e. The van der Waals surface area contributed by atoms with Crippen molar-refractivity contribution < 1.29 is 9.53 Å². The van der Waals surface area contributed by atoms with Gasteiger partial charge in [0.1, 0.15) is 5.75 Å². The molecule has 3 aromatic rings. The van der Waals surface area contributed by atoms with Crippen LogP contribution in [0, 0.1) is 5.92 Å². The number of ether oxygens (including phenoxy) is 1. The van der Waals surface area contributed by atoms with Gasteiger partial charge in [-0.2, -0.15) is 0 Å². The number of piperidine rings is 1. The minimum absolute atomic E-state index is 0.0542. The molecule has 1 aromatic heterocycles. The van der Waals surface area contributed by atoms with Crippen molar-refractivity contribution in [2.75, 3.05) is 20.2 Å². The minimum Gasteiger partial charge on any atom is -0.497 e. The van der Waals surface area contributed by atoms with Gasteiger partial charge >= 0.3 is 0 Å². The summed E-state index contributed by atoms with van der Waals surface area (Å²) in [5.74, 6) is 1.35. The Bertz CT molecular complexity index is 997. The van der Waals surface area contributed by atoms with Crippen molar-refractivity contribution in [1.29, 1.82) is 0 Å². The normalized spacial score (nSPS) is 19.5. The second kappa shape index (κ2) is 9.26. The van der Waals surface area contributed by atoms with E-state index in [4.69, 9.17) is 4.74 Å². The van der Waals surface area contributed by atoms with Crippen molar-refractivity contribution >= 4 is 16.8 Å². The standard InChI is InChI=1S/C25H29N3O2/c1-18-6-5-15-28(17-19-10-12-21(30-2)13-11-19)23(18)16-27-25(29)22-9-3-7-20-8-4-14-26-24(20)22/h3-4,7-14,18,23H,5-6,15-17H2,1-2H3,(H,27,29)/t18-,23-/m1/s1. The predicted octanol–water partition coefficient (Wildman–Crippen LogP) is 4.27. The van der Waals surface area contributed by atoms with Gasteiger partial charge in [-0.3, -0.25) is 14.7 Å². The fraction of sp³-hybridized carbons (Fsp3) is 0.360. The summed E-state index contributed by atoms with van der Waals surface area (Å²) >= 11 is 0. The molecule has 4 rings (SSSR count). The number of benzene rings is 2. The molecule has 0 saturated carbocycles. The fourth-order valence-electron chi connectivity index (χ4n) is 4.41. The van der Waals surface area contributed by atoms with Crippen molar-refractivity contribution in [2.45, 2.75) is 32.4 Å². The highest BCUT2D eigenvalue weighted by atomic mass is 16.5. The van der Waals surface area contributed by atoms with Crippen LogP contribution in [0.25, 0.3) is 10.9 Å². The van der Waals surface area contributed by atoms with E-state index in [9.17, 15) is 4.79 Å². The lowest BCUT2D eigenvalue weighted by atomic mass is 9.90. The van der Waals surface area contributed by atoms with Crippen LogP contribution in [0.1, 0.15) is 35.7 Å². The van der Waals surface area contributed by atoms with E-state index >= 15 is 0 Å². The molecule has 0 unspecified atom stereocenters. The predicted molar refractivity (Wildman–Crippen MR) is 120 cm³/mol. The largest absolute Gasteiger partial charge is 0.497 e. The lowest BCUT2D eigenvalue weighted by Gasteiger charge is -2.40. The van der Waals surface area contributed by atoms with Gasteiger partial charge in [-0.1, -0.05) is 37.3 Å². The molecule has 5 nitrogen and oxygen atoms in total. The van der Waals surface area contributed by atoms with Crippen molar-refractivity contribution in [1.82, 2.24) is 15.2 Å². The number of fused-ring (bicyclic) bond motifs is 1. The van der Waals surface area contributed by atoms with E-state index < -0.39 is 0 Å². The maximum atomic E-state index is 13.0. The van der Waals surface area contributed by atoms with Crippen LogP contribution in [0.2, 0.25) is 0 Å². The third-order valence-electron chi connectivity index (χ3n) is 6.12. The fourth-order valence-corrected chi connectivity index (χ4v) is 4.41. The Morgan fingerprint density at radius 1 is 1.17 bits per heavy atom. The number of rotatable bonds is 6. The smallest absolute Gasteiger partial charge is 0.253 e. The third kappa shape index (κ3) is 4.46. The van der Waals surface area contributed by atoms with E-state index in [2.05, 4.69) is 34.3 Å². The van der Waals surface area contributed by atoms with Gasteiger partial charge in [0.15, 0.2) is 0 Å². The molecule has 0 radical (unpaired) electrons. The first kappa shape index (κ1) is 20.4. The number of methoxy groups -OCH3 is 1. The molecule has 30 heavy (non-hydrogen) atoms. The zero-order valence-corrected chi connectivity index (χ0v) is 17.7. The van der Waals surface area contributed by atoms with Gasteiger partial charge in [0, 0.05) is 30.7 Å². The van der Waals surface area contributed by atoms with Gasteiger partial charge in [-0.05, 0) is 55.1 Å². The highest BCUT2D eigenvalue weighted by Gasteiger charge is 2.29. The Balaban J connectivity index is 1.45. The molecule has 2 heterocycles. The number of carbonyl (C=O) groups excluding carboxylic acids is 1. The van der Waals surface area contributed by atoms with E-state index in [1.54, 1.807) is 13.3 Å². The number of nitrogens with one attached hydrogen (secondary N) is 1. The Morgan fingerprint density at radius 2 is 1.97 bits per heavy atom. The number of para-hydroxylation sites is 1. The van der Waals surface area contributed by atoms with E-state index in [-0.39, 0.29) is 5.91 Å². The van der Waals surface area contributed by atoms with Gasteiger partial charge in [0.2, 0.25) is 0 Å². The quantitative estimate of drug-likeness (QED) is 0.668. The molecule has 0 bridgehead atoms. The molecular weight excluding hydrogens is 374 g/mol. The molecule has 1 fully saturated rings. The Labute approximate surface area is 178 Å². The van der Waals surface area contributed by atoms with Crippen LogP contribution in [-0.2, 0) is 6.54 Å². The highest BCUT2D eigenvalue weighted by Crippen LogP contribution is 2.25. The second-order valence-electron chi connectivity index (χ2n) is 8.10. The molecule has 1 N–H and O–H groups in total. The van der Waals surface area contributed by atoms with E-state index in [0.717, 1.165) is 29.7 Å². The molecule has 1 aliphatic heterocycles. The van der Waals surface area contributed by atoms with Crippen molar-refractivity contribution in [2.24, 2.45) is 5.92 Å². The van der Waals surface area contributed by atoms with Gasteiger partial charge in [-0.15, -0.1) is 0 Å². The minimum atomic E-state index is -0.0542. The molecule has 5 heteroatoms. The zero-order valence-electron chi connectivity index (χ0n) is 17.7. The number of nitrogens with zero attached hydrogens (tertiary/aromatic N) is 2. The van der Waals surface area contributed by atoms with Crippen LogP contribution in [-0.4, -0.2) is 42.0 Å². The third-order valence-corrected chi connectivity index (χ3v) is 6.12. The second-order valence-corrected chi connectivity index (χ2v) is 8.10. The Hall–Kier alpha value is -2.92. The number of hydrogen-bond donors (Lipinski definition) is 1. The SMILES string of the molecule is COc1ccc(CN2CCC[C@@H](C)[C@H]2CNC(=O)c2cccc3cccnc23)cc1. The summed E-state index contributed by atoms with van der Waals surface area (Å²) in [6.07, 6.45) is 4.11. The molecule has 2 aromatic carbocycles. The van der Waals surface area contributed by atoms with Crippen LogP contribution < -0.4 is 10.1 Å². The number of aromatic nitrogens is 1. The lowest BCUT2D eigenvalue weighted by molar-refractivity contribution is 0.0801. The number of pyridine rings is 1. The summed E-state index contributed by atoms with van der Waals surface area (Å²) in [5, 5.41) is 4.17. The summed E-state index contributed by atoms with van der Waals surface area (Å²) in [7, 11) is 1.69. The topological polar surface area (TPSA) is 54.5 Å². The summed E-state index contributed by atoms with van der Waals surface area (Å²) in [6.45, 7) is 4.85. The van der Waals surface area contributed by atoms with Crippen LogP contribution in [0.4, 0.5) is 0 Å². The van der Waals surface area contributed by atoms with Gasteiger partial charge in [-0.25, -0.2) is 0 Å². The molecule has 0 spiro atoms. The van der Waals surface area contributed by atoms with Gasteiger partial charge < -0.3 is 10.1 Å². The number of carbonyl (C=O) groups is 1. The van der Waals surface area contributed by atoms with Crippen LogP contribution >= 0.6 is 0 Å². The molecule has 156 valence electrons. The van der Waals surface area contributed by atoms with Crippen LogP contribution in [0.15, 0.2) is 60.8 Å². The van der Waals surface area contributed by atoms with Crippen molar-refractivity contribution in [3.05, 3.63) is 71.9 Å². The van der Waals surface area contributed by atoms with Crippen LogP contribution in [0.3, 0.4) is 0 Å². The number of hydrogen-bond acceptors (Lipinski definition) is 4. The van der Waals surface area contributed by atoms with E-state index in [1.165, 1.54) is 18.4 Å². The molecular formula is C25H29N3O2. The molecule has 0 aliphatic carbocycles. The Kier molecular flexibility index (Phi) is 6.29. The first-order chi connectivity index (χ1) is 14.7. The summed E-state index contributed by atoms with van der Waals surface area (Å²) in [6, 6.07) is 18.2. The lowest BCUT2D eigenvalue weighted by Crippen LogP contribution is -2.50. The van der Waals surface area contributed by atoms with Gasteiger partial charge in [0.25, 0.3) is 5.91 Å². The van der Waals surface area contributed by atoms with Gasteiger partial charge in [0.05, 0.1) is 18.2 Å². The molecule has 1 saturated heterocycles. The first-order valence-corrected chi connectivity index (χ1v) is 10.6. The summed E-state index contributed by atoms with van der Waals surface area (Å²) in [5.41, 5.74) is 2.65. The summed E-state index contributed by atoms with van der Waals surface area (Å²) < 4.78 is 5.27. The maximum absolute atomic E-state index is 13.0. The van der Waals surface area contributed by atoms with E-state index in [0.29, 0.717) is 24.1 Å². The molecule has 1 aliphatic rings. The number of amides is 1. The Morgan fingerprint density at radius 3 is 2.77 bits per heavy atom. The number of likely N-dealkylation sites (tertiary alicyclic amines) is 1. The van der Waals surface area contributed by atoms with Crippen molar-refractivity contribution in [3.8, 4) is 5.75 Å².